The molecule has 0 aliphatic carbocycles. The zero-order valence-corrected chi connectivity index (χ0v) is 17.0. The minimum atomic E-state index is -0.207. The number of carbonyl (C=O) groups excluding carboxylic acids is 1. The fourth-order valence-corrected chi connectivity index (χ4v) is 3.81. The number of likely N-dealkylation sites (tertiary alicyclic amines) is 1. The maximum absolute atomic E-state index is 13.0. The predicted molar refractivity (Wildman–Crippen MR) is 114 cm³/mol. The lowest BCUT2D eigenvalue weighted by Crippen LogP contribution is -2.39. The summed E-state index contributed by atoms with van der Waals surface area (Å²) in [6.45, 7) is 2.67. The van der Waals surface area contributed by atoms with Crippen molar-refractivity contribution in [2.45, 2.75) is 19.3 Å². The minimum Gasteiger partial charge on any atom is -0.481 e. The first-order valence-corrected chi connectivity index (χ1v) is 10.2. The van der Waals surface area contributed by atoms with E-state index in [1.165, 1.54) is 12.1 Å². The molecule has 1 saturated heterocycles. The smallest absolute Gasteiger partial charge is 0.227 e. The normalized spacial score (nSPS) is 15.3. The van der Waals surface area contributed by atoms with Gasteiger partial charge in [-0.25, -0.2) is 9.37 Å². The van der Waals surface area contributed by atoms with Gasteiger partial charge in [0.2, 0.25) is 11.8 Å². The monoisotopic (exact) mass is 408 g/mol. The van der Waals surface area contributed by atoms with Crippen molar-refractivity contribution in [2.75, 3.05) is 32.1 Å². The molecule has 0 bridgehead atoms. The highest BCUT2D eigenvalue weighted by molar-refractivity contribution is 6.00. The molecule has 3 heterocycles. The zero-order valence-electron chi connectivity index (χ0n) is 17.0. The summed E-state index contributed by atoms with van der Waals surface area (Å²) < 4.78 is 18.2. The average molecular weight is 408 g/mol. The molecule has 4 rings (SSSR count). The van der Waals surface area contributed by atoms with Crippen LogP contribution in [0, 0.1) is 11.7 Å². The van der Waals surface area contributed by atoms with Crippen LogP contribution in [-0.4, -0.2) is 47.5 Å². The van der Waals surface area contributed by atoms with E-state index in [9.17, 15) is 9.18 Å². The molecule has 30 heavy (non-hydrogen) atoms. The number of hydrogen-bond donors (Lipinski definition) is 1. The van der Waals surface area contributed by atoms with Crippen molar-refractivity contribution >= 4 is 22.6 Å². The lowest BCUT2D eigenvalue weighted by molar-refractivity contribution is -0.121. The van der Waals surface area contributed by atoms with Gasteiger partial charge in [0.15, 0.2) is 0 Å². The van der Waals surface area contributed by atoms with Crippen LogP contribution in [0.4, 0.5) is 10.1 Å². The van der Waals surface area contributed by atoms with Crippen LogP contribution in [0.2, 0.25) is 0 Å². The lowest BCUT2D eigenvalue weighted by atomic mass is 9.95. The number of fused-ring (bicyclic) bond motifs is 1. The topological polar surface area (TPSA) is 67.3 Å². The second kappa shape index (κ2) is 9.17. The van der Waals surface area contributed by atoms with Gasteiger partial charge in [-0.2, -0.15) is 0 Å². The summed E-state index contributed by atoms with van der Waals surface area (Å²) in [4.78, 5) is 23.9. The number of amides is 1. The van der Waals surface area contributed by atoms with Crippen molar-refractivity contribution in [1.29, 1.82) is 0 Å². The molecule has 1 N–H and O–H groups in total. The van der Waals surface area contributed by atoms with Gasteiger partial charge in [0.05, 0.1) is 18.3 Å². The van der Waals surface area contributed by atoms with E-state index in [0.29, 0.717) is 22.6 Å². The Labute approximate surface area is 175 Å². The van der Waals surface area contributed by atoms with Gasteiger partial charge in [0.25, 0.3) is 0 Å². The summed E-state index contributed by atoms with van der Waals surface area (Å²) in [5.41, 5.74) is 3.12. The first-order valence-electron chi connectivity index (χ1n) is 10.2. The molecule has 1 aromatic carbocycles. The largest absolute Gasteiger partial charge is 0.481 e. The molecule has 6 nitrogen and oxygen atoms in total. The van der Waals surface area contributed by atoms with Gasteiger partial charge in [-0.3, -0.25) is 9.78 Å². The lowest BCUT2D eigenvalue weighted by Gasteiger charge is -2.31. The van der Waals surface area contributed by atoms with Gasteiger partial charge >= 0.3 is 0 Å². The number of ether oxygens (including phenoxy) is 1. The number of methoxy groups -OCH3 is 1. The number of rotatable bonds is 6. The first-order chi connectivity index (χ1) is 14.6. The van der Waals surface area contributed by atoms with Crippen LogP contribution in [0.1, 0.15) is 18.4 Å². The molecule has 156 valence electrons. The van der Waals surface area contributed by atoms with E-state index >= 15 is 0 Å². The van der Waals surface area contributed by atoms with Crippen molar-refractivity contribution in [3.8, 4) is 5.88 Å². The van der Waals surface area contributed by atoms with Gasteiger partial charge in [-0.1, -0.05) is 12.1 Å². The maximum Gasteiger partial charge on any atom is 0.227 e. The standard InChI is InChI=1S/C23H25FN4O2/c1-30-21-7-6-19-22(27-21)20(8-12-25-19)26-23(29)17-10-14-28(15-11-17)13-9-16-2-4-18(24)5-3-16/h2-8,12,17H,9-11,13-15H2,1H3,(H,25,26,29). The van der Waals surface area contributed by atoms with Crippen molar-refractivity contribution < 1.29 is 13.9 Å². The highest BCUT2D eigenvalue weighted by Crippen LogP contribution is 2.25. The number of carbonyl (C=O) groups is 1. The Balaban J connectivity index is 1.32. The number of nitrogens with one attached hydrogen (secondary N) is 1. The summed E-state index contributed by atoms with van der Waals surface area (Å²) in [5, 5.41) is 3.03. The third-order valence-electron chi connectivity index (χ3n) is 5.61. The molecule has 1 fully saturated rings. The van der Waals surface area contributed by atoms with E-state index < -0.39 is 0 Å². The molecule has 7 heteroatoms. The number of hydrogen-bond acceptors (Lipinski definition) is 5. The maximum atomic E-state index is 13.0. The number of halogens is 1. The van der Waals surface area contributed by atoms with Crippen molar-refractivity contribution in [3.63, 3.8) is 0 Å². The summed E-state index contributed by atoms with van der Waals surface area (Å²) in [7, 11) is 1.56. The Bertz CT molecular complexity index is 1020. The Hall–Kier alpha value is -3.06. The molecule has 3 aromatic rings. The van der Waals surface area contributed by atoms with E-state index in [-0.39, 0.29) is 17.6 Å². The molecule has 0 saturated carbocycles. The molecular formula is C23H25FN4O2. The second-order valence-corrected chi connectivity index (χ2v) is 7.56. The molecule has 2 aromatic heterocycles. The van der Waals surface area contributed by atoms with Crippen LogP contribution in [-0.2, 0) is 11.2 Å². The number of aromatic nitrogens is 2. The third kappa shape index (κ3) is 4.74. The van der Waals surface area contributed by atoms with E-state index in [1.54, 1.807) is 25.4 Å². The number of benzene rings is 1. The molecule has 1 amide bonds. The number of pyridine rings is 2. The van der Waals surface area contributed by atoms with Crippen molar-refractivity contribution in [3.05, 3.63) is 60.0 Å². The molecule has 0 unspecified atom stereocenters. The first kappa shape index (κ1) is 20.2. The summed E-state index contributed by atoms with van der Waals surface area (Å²) >= 11 is 0. The van der Waals surface area contributed by atoms with E-state index in [1.807, 2.05) is 18.2 Å². The van der Waals surface area contributed by atoms with Crippen LogP contribution in [0.5, 0.6) is 5.88 Å². The van der Waals surface area contributed by atoms with Gasteiger partial charge in [0.1, 0.15) is 11.3 Å². The van der Waals surface area contributed by atoms with Gasteiger partial charge in [-0.05, 0) is 62.2 Å². The van der Waals surface area contributed by atoms with Crippen LogP contribution in [0.15, 0.2) is 48.7 Å². The number of piperidine rings is 1. The Morgan fingerprint density at radius 3 is 2.67 bits per heavy atom. The summed E-state index contributed by atoms with van der Waals surface area (Å²) in [6, 6.07) is 12.0. The van der Waals surface area contributed by atoms with Crippen LogP contribution >= 0.6 is 0 Å². The number of anilines is 1. The molecule has 0 radical (unpaired) electrons. The van der Waals surface area contributed by atoms with Gasteiger partial charge < -0.3 is 15.0 Å². The fraction of sp³-hybridized carbons (Fsp3) is 0.348. The SMILES string of the molecule is COc1ccc2nccc(NC(=O)C3CCN(CCc4ccc(F)cc4)CC3)c2n1. The predicted octanol–water partition coefficient (Wildman–Crippen LogP) is 3.67. The Morgan fingerprint density at radius 2 is 1.93 bits per heavy atom. The molecule has 1 aliphatic rings. The highest BCUT2D eigenvalue weighted by atomic mass is 19.1. The Kier molecular flexibility index (Phi) is 6.18. The molecular weight excluding hydrogens is 383 g/mol. The average Bonchev–Trinajstić information content (AvgIpc) is 2.79. The molecule has 1 aliphatic heterocycles. The van der Waals surface area contributed by atoms with Crippen LogP contribution < -0.4 is 10.1 Å². The van der Waals surface area contributed by atoms with Gasteiger partial charge in [0, 0.05) is 24.7 Å². The minimum absolute atomic E-state index is 0.0188. The fourth-order valence-electron chi connectivity index (χ4n) is 3.81. The molecule has 0 spiro atoms. The van der Waals surface area contributed by atoms with E-state index in [2.05, 4.69) is 20.2 Å². The van der Waals surface area contributed by atoms with E-state index in [0.717, 1.165) is 44.5 Å². The molecule has 0 atom stereocenters. The summed E-state index contributed by atoms with van der Waals surface area (Å²) in [5.74, 6) is 0.271. The highest BCUT2D eigenvalue weighted by Gasteiger charge is 2.25. The second-order valence-electron chi connectivity index (χ2n) is 7.56. The third-order valence-corrected chi connectivity index (χ3v) is 5.61. The van der Waals surface area contributed by atoms with Crippen molar-refractivity contribution in [2.24, 2.45) is 5.92 Å². The van der Waals surface area contributed by atoms with Crippen molar-refractivity contribution in [1.82, 2.24) is 14.9 Å². The Morgan fingerprint density at radius 1 is 1.17 bits per heavy atom. The number of nitrogens with zero attached hydrogens (tertiary/aromatic N) is 3. The summed E-state index contributed by atoms with van der Waals surface area (Å²) in [6.07, 6.45) is 4.18. The van der Waals surface area contributed by atoms with Crippen LogP contribution in [0.25, 0.3) is 11.0 Å². The van der Waals surface area contributed by atoms with Gasteiger partial charge in [-0.15, -0.1) is 0 Å². The van der Waals surface area contributed by atoms with Crippen LogP contribution in [0.3, 0.4) is 0 Å². The zero-order chi connectivity index (χ0) is 20.9. The quantitative estimate of drug-likeness (QED) is 0.674. The van der Waals surface area contributed by atoms with E-state index in [4.69, 9.17) is 4.74 Å².